The number of carboxylic acids is 1. The number of carboxylic acid groups (broad SMARTS) is 1. The maximum absolute atomic E-state index is 11.2. The van der Waals surface area contributed by atoms with E-state index in [0.717, 1.165) is 11.3 Å². The smallest absolute Gasteiger partial charge is 0.345 e. The van der Waals surface area contributed by atoms with Crippen LogP contribution < -0.4 is 10.5 Å². The number of primary amides is 1. The number of halogens is 1. The number of fused-ring (bicyclic) bond motifs is 1. The number of thiophene rings is 1. The van der Waals surface area contributed by atoms with E-state index in [4.69, 9.17) is 22.1 Å². The van der Waals surface area contributed by atoms with Crippen LogP contribution in [0.15, 0.2) is 30.3 Å². The molecule has 2 aromatic heterocycles. The Morgan fingerprint density at radius 2 is 2.08 bits per heavy atom. The molecule has 0 aliphatic rings. The molecule has 3 rings (SSSR count). The predicted octanol–water partition coefficient (Wildman–Crippen LogP) is 2.57. The zero-order valence-corrected chi connectivity index (χ0v) is 13.6. The van der Waals surface area contributed by atoms with Crippen molar-refractivity contribution in [2.45, 2.75) is 0 Å². The van der Waals surface area contributed by atoms with E-state index in [1.165, 1.54) is 6.07 Å². The van der Waals surface area contributed by atoms with Gasteiger partial charge in [-0.15, -0.1) is 11.3 Å². The molecule has 0 aliphatic heterocycles. The Morgan fingerprint density at radius 3 is 2.75 bits per heavy atom. The van der Waals surface area contributed by atoms with Crippen molar-refractivity contribution in [3.63, 3.8) is 0 Å². The Kier molecular flexibility index (Phi) is 4.32. The number of aromatic carboxylic acids is 1. The summed E-state index contributed by atoms with van der Waals surface area (Å²) < 4.78 is 5.17. The van der Waals surface area contributed by atoms with Crippen LogP contribution >= 0.6 is 22.9 Å². The molecule has 0 saturated carbocycles. The van der Waals surface area contributed by atoms with Gasteiger partial charge >= 0.3 is 12.0 Å². The van der Waals surface area contributed by atoms with Crippen molar-refractivity contribution in [2.24, 2.45) is 5.73 Å². The lowest BCUT2D eigenvalue weighted by atomic mass is 10.1. The van der Waals surface area contributed by atoms with E-state index in [2.05, 4.69) is 9.97 Å². The van der Waals surface area contributed by atoms with Crippen molar-refractivity contribution in [3.05, 3.63) is 40.2 Å². The highest BCUT2D eigenvalue weighted by Crippen LogP contribution is 2.34. The van der Waals surface area contributed by atoms with Gasteiger partial charge in [-0.1, -0.05) is 23.7 Å². The van der Waals surface area contributed by atoms with Crippen LogP contribution in [0.1, 0.15) is 9.67 Å². The summed E-state index contributed by atoms with van der Waals surface area (Å²) in [5.74, 6) is -1.73. The standard InChI is InChI=1S/C15H10ClN3O4S/c16-8-3-1-2-7(4-8)12-9-5-10(14(21)22)24-13(9)19-15(18-12)23-6-11(17)20/h1-5H,6H2,(H2,17,20)(H,21,22). The van der Waals surface area contributed by atoms with E-state index in [1.54, 1.807) is 24.3 Å². The van der Waals surface area contributed by atoms with E-state index in [0.29, 0.717) is 26.5 Å². The molecule has 2 heterocycles. The highest BCUT2D eigenvalue weighted by molar-refractivity contribution is 7.20. The summed E-state index contributed by atoms with van der Waals surface area (Å²) in [6.07, 6.45) is 0. The van der Waals surface area contributed by atoms with Crippen LogP contribution in [0, 0.1) is 0 Å². The molecule has 3 aromatic rings. The average molecular weight is 364 g/mol. The van der Waals surface area contributed by atoms with Gasteiger partial charge in [-0.2, -0.15) is 9.97 Å². The van der Waals surface area contributed by atoms with E-state index in [9.17, 15) is 14.7 Å². The molecule has 0 bridgehead atoms. The van der Waals surface area contributed by atoms with Gasteiger partial charge < -0.3 is 15.6 Å². The molecule has 9 heteroatoms. The number of aromatic nitrogens is 2. The molecular formula is C15H10ClN3O4S. The fourth-order valence-corrected chi connectivity index (χ4v) is 3.12. The molecule has 0 radical (unpaired) electrons. The van der Waals surface area contributed by atoms with Crippen molar-refractivity contribution in [1.29, 1.82) is 0 Å². The summed E-state index contributed by atoms with van der Waals surface area (Å²) in [4.78, 5) is 31.1. The van der Waals surface area contributed by atoms with Crippen molar-refractivity contribution in [2.75, 3.05) is 6.61 Å². The van der Waals surface area contributed by atoms with Crippen LogP contribution in [0.5, 0.6) is 6.01 Å². The molecule has 0 saturated heterocycles. The first-order chi connectivity index (χ1) is 11.4. The second-order valence-corrected chi connectivity index (χ2v) is 6.22. The maximum atomic E-state index is 11.2. The summed E-state index contributed by atoms with van der Waals surface area (Å²) in [5.41, 5.74) is 6.19. The number of nitrogens with two attached hydrogens (primary N) is 1. The van der Waals surface area contributed by atoms with Crippen LogP contribution in [0.2, 0.25) is 5.02 Å². The molecule has 0 fully saturated rings. The normalized spacial score (nSPS) is 10.7. The Hall–Kier alpha value is -2.71. The minimum absolute atomic E-state index is 0.0601. The summed E-state index contributed by atoms with van der Waals surface area (Å²) in [6.45, 7) is -0.377. The molecule has 0 aliphatic carbocycles. The summed E-state index contributed by atoms with van der Waals surface area (Å²) >= 11 is 7.00. The Labute approximate surface area is 144 Å². The van der Waals surface area contributed by atoms with Crippen LogP contribution in [0.4, 0.5) is 0 Å². The third kappa shape index (κ3) is 3.29. The van der Waals surface area contributed by atoms with Gasteiger partial charge in [0.25, 0.3) is 5.91 Å². The van der Waals surface area contributed by atoms with Gasteiger partial charge in [-0.3, -0.25) is 4.79 Å². The lowest BCUT2D eigenvalue weighted by molar-refractivity contribution is -0.120. The highest BCUT2D eigenvalue weighted by atomic mass is 35.5. The van der Waals surface area contributed by atoms with Crippen LogP contribution in [-0.2, 0) is 4.79 Å². The summed E-state index contributed by atoms with van der Waals surface area (Å²) in [6, 6.07) is 8.37. The number of amides is 1. The Morgan fingerprint density at radius 1 is 1.29 bits per heavy atom. The minimum atomic E-state index is -1.06. The first-order valence-electron chi connectivity index (χ1n) is 6.66. The largest absolute Gasteiger partial charge is 0.477 e. The first kappa shape index (κ1) is 16.2. The number of carbonyl (C=O) groups excluding carboxylic acids is 1. The zero-order valence-electron chi connectivity index (χ0n) is 12.0. The maximum Gasteiger partial charge on any atom is 0.345 e. The summed E-state index contributed by atoms with van der Waals surface area (Å²) in [7, 11) is 0. The van der Waals surface area contributed by atoms with Crippen LogP contribution in [-0.4, -0.2) is 33.6 Å². The summed E-state index contributed by atoms with van der Waals surface area (Å²) in [5, 5.41) is 10.3. The SMILES string of the molecule is NC(=O)COc1nc(-c2cccc(Cl)c2)c2cc(C(=O)O)sc2n1. The lowest BCUT2D eigenvalue weighted by Crippen LogP contribution is -2.20. The molecular weight excluding hydrogens is 354 g/mol. The third-order valence-electron chi connectivity index (χ3n) is 3.02. The van der Waals surface area contributed by atoms with Gasteiger partial charge in [-0.25, -0.2) is 4.79 Å². The first-order valence-corrected chi connectivity index (χ1v) is 7.85. The Bertz CT molecular complexity index is 957. The van der Waals surface area contributed by atoms with Gasteiger partial charge in [-0.05, 0) is 18.2 Å². The van der Waals surface area contributed by atoms with Crippen LogP contribution in [0.3, 0.4) is 0 Å². The molecule has 1 aromatic carbocycles. The van der Waals surface area contributed by atoms with Crippen LogP contribution in [0.25, 0.3) is 21.5 Å². The number of ether oxygens (including phenoxy) is 1. The lowest BCUT2D eigenvalue weighted by Gasteiger charge is -2.07. The van der Waals surface area contributed by atoms with E-state index < -0.39 is 11.9 Å². The number of benzene rings is 1. The molecule has 0 unspecified atom stereocenters. The van der Waals surface area contributed by atoms with Crippen molar-refractivity contribution in [3.8, 4) is 17.3 Å². The van der Waals surface area contributed by atoms with Gasteiger partial charge in [0.15, 0.2) is 6.61 Å². The van der Waals surface area contributed by atoms with Crippen molar-refractivity contribution >= 4 is 45.0 Å². The van der Waals surface area contributed by atoms with Gasteiger partial charge in [0.05, 0.1) is 5.69 Å². The second kappa shape index (κ2) is 6.42. The molecule has 0 atom stereocenters. The third-order valence-corrected chi connectivity index (χ3v) is 4.28. The van der Waals surface area contributed by atoms with Gasteiger partial charge in [0, 0.05) is 16.0 Å². The van der Waals surface area contributed by atoms with E-state index in [-0.39, 0.29) is 17.5 Å². The molecule has 0 spiro atoms. The second-order valence-electron chi connectivity index (χ2n) is 4.75. The predicted molar refractivity (Wildman–Crippen MR) is 89.5 cm³/mol. The van der Waals surface area contributed by atoms with Gasteiger partial charge in [0.2, 0.25) is 0 Å². The fourth-order valence-electron chi connectivity index (χ4n) is 2.06. The molecule has 3 N–H and O–H groups in total. The monoisotopic (exact) mass is 363 g/mol. The number of hydrogen-bond acceptors (Lipinski definition) is 6. The molecule has 7 nitrogen and oxygen atoms in total. The number of carbonyl (C=O) groups is 2. The zero-order chi connectivity index (χ0) is 17.3. The average Bonchev–Trinajstić information content (AvgIpc) is 2.96. The van der Waals surface area contributed by atoms with Crippen molar-refractivity contribution in [1.82, 2.24) is 9.97 Å². The number of rotatable bonds is 5. The molecule has 24 heavy (non-hydrogen) atoms. The fraction of sp³-hybridized carbons (Fsp3) is 0.0667. The minimum Gasteiger partial charge on any atom is -0.477 e. The van der Waals surface area contributed by atoms with E-state index >= 15 is 0 Å². The van der Waals surface area contributed by atoms with Crippen molar-refractivity contribution < 1.29 is 19.4 Å². The Balaban J connectivity index is 2.19. The molecule has 1 amide bonds. The highest BCUT2D eigenvalue weighted by Gasteiger charge is 2.17. The number of hydrogen-bond donors (Lipinski definition) is 2. The van der Waals surface area contributed by atoms with E-state index in [1.807, 2.05) is 0 Å². The quantitative estimate of drug-likeness (QED) is 0.719. The number of nitrogens with zero attached hydrogens (tertiary/aromatic N) is 2. The van der Waals surface area contributed by atoms with Gasteiger partial charge in [0.1, 0.15) is 9.71 Å². The topological polar surface area (TPSA) is 115 Å². The molecule has 122 valence electrons.